The second-order valence-electron chi connectivity index (χ2n) is 4.04. The van der Waals surface area contributed by atoms with Crippen LogP contribution >= 0.6 is 12.4 Å². The normalized spacial score (nSPS) is 10.7. The quantitative estimate of drug-likeness (QED) is 0.844. The van der Waals surface area contributed by atoms with Crippen molar-refractivity contribution in [3.63, 3.8) is 0 Å². The van der Waals surface area contributed by atoms with E-state index in [0.29, 0.717) is 13.2 Å². The van der Waals surface area contributed by atoms with Gasteiger partial charge in [0.1, 0.15) is 5.75 Å². The lowest BCUT2D eigenvalue weighted by Crippen LogP contribution is -2.19. The van der Waals surface area contributed by atoms with E-state index in [1.54, 1.807) is 14.0 Å². The Bertz CT molecular complexity index is 467. The lowest BCUT2D eigenvalue weighted by molar-refractivity contribution is -0.137. The number of hydrogen-bond donors (Lipinski definition) is 2. The molecule has 0 fully saturated rings. The lowest BCUT2D eigenvalue weighted by Gasteiger charge is -2.14. The van der Waals surface area contributed by atoms with E-state index in [9.17, 15) is 18.0 Å². The number of ether oxygens (including phenoxy) is 1. The van der Waals surface area contributed by atoms with Crippen LogP contribution in [-0.4, -0.2) is 26.1 Å². The third-order valence-electron chi connectivity index (χ3n) is 2.48. The van der Waals surface area contributed by atoms with Gasteiger partial charge in [0.25, 0.3) is 0 Å². The summed E-state index contributed by atoms with van der Waals surface area (Å²) in [5.41, 5.74) is -0.798. The molecule has 0 saturated carbocycles. The Kier molecular flexibility index (Phi) is 8.12. The molecule has 0 heterocycles. The van der Waals surface area contributed by atoms with Gasteiger partial charge in [-0.3, -0.25) is 4.79 Å². The molecule has 2 N–H and O–H groups in total. The number of benzene rings is 1. The molecule has 1 rings (SSSR count). The van der Waals surface area contributed by atoms with Crippen LogP contribution in [0.3, 0.4) is 0 Å². The predicted octanol–water partition coefficient (Wildman–Crippen LogP) is 3.07. The Hall–Kier alpha value is -1.47. The number of rotatable bonds is 6. The molecule has 21 heavy (non-hydrogen) atoms. The standard InChI is InChI=1S/C13H17F3N2O2.ClH/c1-3-20-11-5-4-9(13(14,15)16)8-10(11)18-12(19)6-7-17-2;/h4-5,8,17H,3,6-7H2,1-2H3,(H,18,19);1H. The summed E-state index contributed by atoms with van der Waals surface area (Å²) in [4.78, 5) is 11.6. The minimum atomic E-state index is -4.46. The zero-order valence-corrected chi connectivity index (χ0v) is 12.5. The number of anilines is 1. The number of halogens is 4. The molecule has 0 radical (unpaired) electrons. The van der Waals surface area contributed by atoms with Gasteiger partial charge in [0, 0.05) is 13.0 Å². The van der Waals surface area contributed by atoms with Crippen LogP contribution < -0.4 is 15.4 Å². The minimum Gasteiger partial charge on any atom is -0.492 e. The summed E-state index contributed by atoms with van der Waals surface area (Å²) in [5.74, 6) is -0.155. The summed E-state index contributed by atoms with van der Waals surface area (Å²) >= 11 is 0. The Morgan fingerprint density at radius 1 is 1.33 bits per heavy atom. The van der Waals surface area contributed by atoms with Crippen LogP contribution in [0.5, 0.6) is 5.75 Å². The summed E-state index contributed by atoms with van der Waals surface area (Å²) in [6, 6.07) is 3.01. The van der Waals surface area contributed by atoms with Gasteiger partial charge in [0.15, 0.2) is 0 Å². The van der Waals surface area contributed by atoms with Crippen molar-refractivity contribution in [2.75, 3.05) is 25.5 Å². The van der Waals surface area contributed by atoms with Crippen molar-refractivity contribution in [3.8, 4) is 5.75 Å². The molecule has 1 aromatic carbocycles. The fourth-order valence-corrected chi connectivity index (χ4v) is 1.54. The van der Waals surface area contributed by atoms with E-state index in [1.807, 2.05) is 0 Å². The third-order valence-corrected chi connectivity index (χ3v) is 2.48. The maximum Gasteiger partial charge on any atom is 0.416 e. The first-order valence-electron chi connectivity index (χ1n) is 6.17. The zero-order valence-electron chi connectivity index (χ0n) is 11.7. The highest BCUT2D eigenvalue weighted by Gasteiger charge is 2.31. The molecule has 4 nitrogen and oxygen atoms in total. The fraction of sp³-hybridized carbons (Fsp3) is 0.462. The molecule has 0 unspecified atom stereocenters. The van der Waals surface area contributed by atoms with Crippen LogP contribution in [0, 0.1) is 0 Å². The van der Waals surface area contributed by atoms with Crippen LogP contribution in [0.1, 0.15) is 18.9 Å². The van der Waals surface area contributed by atoms with Gasteiger partial charge >= 0.3 is 6.18 Å². The lowest BCUT2D eigenvalue weighted by atomic mass is 10.1. The number of nitrogens with one attached hydrogen (secondary N) is 2. The Labute approximate surface area is 127 Å². The van der Waals surface area contributed by atoms with E-state index in [1.165, 1.54) is 6.07 Å². The maximum absolute atomic E-state index is 12.7. The topological polar surface area (TPSA) is 50.4 Å². The molecule has 0 atom stereocenters. The molecule has 0 aliphatic heterocycles. The van der Waals surface area contributed by atoms with Gasteiger partial charge < -0.3 is 15.4 Å². The molecule has 1 amide bonds. The molecule has 8 heteroatoms. The maximum atomic E-state index is 12.7. The molecule has 0 saturated heterocycles. The van der Waals surface area contributed by atoms with Crippen LogP contribution in [0.4, 0.5) is 18.9 Å². The van der Waals surface area contributed by atoms with Gasteiger partial charge in [0.05, 0.1) is 17.9 Å². The first-order chi connectivity index (χ1) is 9.38. The molecule has 1 aromatic rings. The van der Waals surface area contributed by atoms with E-state index < -0.39 is 11.7 Å². The van der Waals surface area contributed by atoms with E-state index >= 15 is 0 Å². The van der Waals surface area contributed by atoms with Gasteiger partial charge in [-0.1, -0.05) is 0 Å². The van der Waals surface area contributed by atoms with E-state index in [4.69, 9.17) is 4.74 Å². The van der Waals surface area contributed by atoms with Crippen LogP contribution in [0.2, 0.25) is 0 Å². The highest BCUT2D eigenvalue weighted by molar-refractivity contribution is 5.92. The van der Waals surface area contributed by atoms with Crippen molar-refractivity contribution in [1.82, 2.24) is 5.32 Å². The first-order valence-corrected chi connectivity index (χ1v) is 6.17. The van der Waals surface area contributed by atoms with E-state index in [-0.39, 0.29) is 36.2 Å². The highest BCUT2D eigenvalue weighted by atomic mass is 35.5. The Morgan fingerprint density at radius 3 is 2.52 bits per heavy atom. The Morgan fingerprint density at radius 2 is 2.00 bits per heavy atom. The summed E-state index contributed by atoms with van der Waals surface area (Å²) < 4.78 is 43.2. The van der Waals surface area contributed by atoms with E-state index in [0.717, 1.165) is 12.1 Å². The number of carbonyl (C=O) groups is 1. The first kappa shape index (κ1) is 19.5. The number of carbonyl (C=O) groups excluding carboxylic acids is 1. The van der Waals surface area contributed by atoms with Crippen molar-refractivity contribution in [2.45, 2.75) is 19.5 Å². The van der Waals surface area contributed by atoms with Gasteiger partial charge in [-0.05, 0) is 32.2 Å². The molecular weight excluding hydrogens is 309 g/mol. The van der Waals surface area contributed by atoms with Crippen molar-refractivity contribution in [3.05, 3.63) is 23.8 Å². The van der Waals surface area contributed by atoms with Crippen LogP contribution in [0.25, 0.3) is 0 Å². The SMILES string of the molecule is CCOc1ccc(C(F)(F)F)cc1NC(=O)CCNC.Cl. The fourth-order valence-electron chi connectivity index (χ4n) is 1.54. The monoisotopic (exact) mass is 326 g/mol. The van der Waals surface area contributed by atoms with Crippen molar-refractivity contribution >= 4 is 24.0 Å². The van der Waals surface area contributed by atoms with Crippen LogP contribution in [-0.2, 0) is 11.0 Å². The smallest absolute Gasteiger partial charge is 0.416 e. The number of amides is 1. The summed E-state index contributed by atoms with van der Waals surface area (Å²) in [6.45, 7) is 2.45. The minimum absolute atomic E-state index is 0. The van der Waals surface area contributed by atoms with Gasteiger partial charge in [-0.25, -0.2) is 0 Å². The third kappa shape index (κ3) is 6.22. The van der Waals surface area contributed by atoms with Gasteiger partial charge in [0.2, 0.25) is 5.91 Å². The molecule has 0 bridgehead atoms. The van der Waals surface area contributed by atoms with Crippen molar-refractivity contribution in [2.24, 2.45) is 0 Å². The van der Waals surface area contributed by atoms with Crippen molar-refractivity contribution in [1.29, 1.82) is 0 Å². The van der Waals surface area contributed by atoms with Gasteiger partial charge in [-0.15, -0.1) is 12.4 Å². The second kappa shape index (κ2) is 8.74. The predicted molar refractivity (Wildman–Crippen MR) is 77.0 cm³/mol. The molecule has 120 valence electrons. The van der Waals surface area contributed by atoms with Gasteiger partial charge in [-0.2, -0.15) is 13.2 Å². The Balaban J connectivity index is 0.00000400. The summed E-state index contributed by atoms with van der Waals surface area (Å²) in [5, 5.41) is 5.23. The number of hydrogen-bond acceptors (Lipinski definition) is 3. The van der Waals surface area contributed by atoms with E-state index in [2.05, 4.69) is 10.6 Å². The summed E-state index contributed by atoms with van der Waals surface area (Å²) in [7, 11) is 1.68. The largest absolute Gasteiger partial charge is 0.492 e. The zero-order chi connectivity index (χ0) is 15.2. The van der Waals surface area contributed by atoms with Crippen LogP contribution in [0.15, 0.2) is 18.2 Å². The molecular formula is C13H18ClF3N2O2. The molecule has 0 aliphatic rings. The second-order valence-corrected chi connectivity index (χ2v) is 4.04. The van der Waals surface area contributed by atoms with Crippen molar-refractivity contribution < 1.29 is 22.7 Å². The number of alkyl halides is 3. The highest BCUT2D eigenvalue weighted by Crippen LogP contribution is 2.35. The molecule has 0 aromatic heterocycles. The summed E-state index contributed by atoms with van der Waals surface area (Å²) in [6.07, 6.45) is -4.30. The average Bonchev–Trinajstić information content (AvgIpc) is 2.37. The molecule has 0 spiro atoms. The average molecular weight is 327 g/mol. The molecule has 0 aliphatic carbocycles.